The summed E-state index contributed by atoms with van der Waals surface area (Å²) >= 11 is 0. The van der Waals surface area contributed by atoms with E-state index in [9.17, 15) is 28.8 Å². The van der Waals surface area contributed by atoms with Crippen LogP contribution in [0.3, 0.4) is 0 Å². The predicted molar refractivity (Wildman–Crippen MR) is 153 cm³/mol. The van der Waals surface area contributed by atoms with Crippen LogP contribution >= 0.6 is 0 Å². The Bertz CT molecular complexity index is 1310. The van der Waals surface area contributed by atoms with Crippen LogP contribution in [-0.4, -0.2) is 84.6 Å². The second-order valence-electron chi connectivity index (χ2n) is 13.4. The number of fused-ring (bicyclic) bond motifs is 4. The first-order valence-corrected chi connectivity index (χ1v) is 15.2. The van der Waals surface area contributed by atoms with E-state index in [4.69, 9.17) is 33.2 Å². The highest BCUT2D eigenvalue weighted by atomic mass is 16.6. The lowest BCUT2D eigenvalue weighted by Gasteiger charge is -2.62. The Balaban J connectivity index is 2.15. The topological polar surface area (TPSA) is 170 Å². The molecule has 250 valence electrons. The molecule has 4 aliphatic rings. The monoisotopic (exact) mass is 636 g/mol. The van der Waals surface area contributed by atoms with Gasteiger partial charge in [-0.05, 0) is 29.9 Å². The lowest BCUT2D eigenvalue weighted by molar-refractivity contribution is -0.258. The Morgan fingerprint density at radius 3 is 1.62 bits per heavy atom. The van der Waals surface area contributed by atoms with Crippen LogP contribution in [0.25, 0.3) is 0 Å². The van der Waals surface area contributed by atoms with Gasteiger partial charge in [0.1, 0.15) is 30.0 Å². The van der Waals surface area contributed by atoms with E-state index < -0.39 is 101 Å². The number of esters is 6. The van der Waals surface area contributed by atoms with E-state index in [0.29, 0.717) is 11.1 Å². The van der Waals surface area contributed by atoms with Crippen LogP contribution in [0.15, 0.2) is 11.1 Å². The minimum absolute atomic E-state index is 0.0360. The van der Waals surface area contributed by atoms with Crippen molar-refractivity contribution in [2.45, 2.75) is 124 Å². The number of carbonyl (C=O) groups excluding carboxylic acids is 6. The van der Waals surface area contributed by atoms with Gasteiger partial charge >= 0.3 is 35.8 Å². The molecule has 13 heteroatoms. The van der Waals surface area contributed by atoms with E-state index in [0.717, 1.165) is 0 Å². The first-order valence-electron chi connectivity index (χ1n) is 15.2. The highest BCUT2D eigenvalue weighted by Gasteiger charge is 2.77. The number of rotatable bonds is 6. The van der Waals surface area contributed by atoms with E-state index in [2.05, 4.69) is 0 Å². The highest BCUT2D eigenvalue weighted by molar-refractivity contribution is 5.70. The normalized spacial score (nSPS) is 38.0. The van der Waals surface area contributed by atoms with Gasteiger partial charge in [-0.3, -0.25) is 28.8 Å². The molecule has 45 heavy (non-hydrogen) atoms. The maximum Gasteiger partial charge on any atom is 0.303 e. The standard InChI is InChI=1S/C32H44O13/c1-14-22(40-15(2)33)11-21-26(43-18(5)36)28-31(10,23(41-16(3)34)12-24(42-17(4)35)32(28)13-39-32)29(45-20(7)38)27(44-19(6)37)25(14)30(21,8)9/h21-24,26-29H,11-13H2,1-10H3/t21-,22-,23-,24-,26+,27+,28-,29-,31+,32-/m0/s1. The van der Waals surface area contributed by atoms with Gasteiger partial charge in [0.25, 0.3) is 0 Å². The zero-order chi connectivity index (χ0) is 33.8. The van der Waals surface area contributed by atoms with Gasteiger partial charge < -0.3 is 33.2 Å². The van der Waals surface area contributed by atoms with Gasteiger partial charge in [0.15, 0.2) is 12.2 Å². The van der Waals surface area contributed by atoms with Crippen LogP contribution in [0.2, 0.25) is 0 Å². The molecule has 0 unspecified atom stereocenters. The van der Waals surface area contributed by atoms with Crippen molar-refractivity contribution in [1.29, 1.82) is 0 Å². The number of carbonyl (C=O) groups is 6. The number of hydrogen-bond donors (Lipinski definition) is 0. The first kappa shape index (κ1) is 34.4. The molecule has 0 radical (unpaired) electrons. The van der Waals surface area contributed by atoms with Gasteiger partial charge in [-0.1, -0.05) is 20.8 Å². The summed E-state index contributed by atoms with van der Waals surface area (Å²) < 4.78 is 42.1. The Morgan fingerprint density at radius 2 is 1.16 bits per heavy atom. The van der Waals surface area contributed by atoms with E-state index in [1.165, 1.54) is 41.5 Å². The molecule has 1 heterocycles. The summed E-state index contributed by atoms with van der Waals surface area (Å²) in [5, 5.41) is 0. The van der Waals surface area contributed by atoms with Crippen LogP contribution in [0.1, 0.15) is 82.1 Å². The molecule has 3 aliphatic carbocycles. The molecule has 0 aromatic carbocycles. The number of epoxide rings is 1. The van der Waals surface area contributed by atoms with Gasteiger partial charge in [0.05, 0.1) is 12.0 Å². The zero-order valence-electron chi connectivity index (χ0n) is 27.5. The molecule has 10 atom stereocenters. The third-order valence-corrected chi connectivity index (χ3v) is 10.0. The fourth-order valence-electron chi connectivity index (χ4n) is 8.51. The summed E-state index contributed by atoms with van der Waals surface area (Å²) in [4.78, 5) is 76.0. The molecule has 2 bridgehead atoms. The van der Waals surface area contributed by atoms with E-state index >= 15 is 0 Å². The van der Waals surface area contributed by atoms with Crippen molar-refractivity contribution in [2.24, 2.45) is 22.7 Å². The molecule has 0 N–H and O–H groups in total. The first-order chi connectivity index (χ1) is 20.8. The van der Waals surface area contributed by atoms with Crippen molar-refractivity contribution in [3.05, 3.63) is 11.1 Å². The van der Waals surface area contributed by atoms with Crippen LogP contribution < -0.4 is 0 Å². The summed E-state index contributed by atoms with van der Waals surface area (Å²) in [6, 6.07) is 0. The fraction of sp³-hybridized carbons (Fsp3) is 0.750. The van der Waals surface area contributed by atoms with Crippen molar-refractivity contribution >= 4 is 35.8 Å². The summed E-state index contributed by atoms with van der Waals surface area (Å²) in [7, 11) is 0. The van der Waals surface area contributed by atoms with Crippen LogP contribution in [0, 0.1) is 22.7 Å². The summed E-state index contributed by atoms with van der Waals surface area (Å²) in [6.45, 7) is 14.8. The van der Waals surface area contributed by atoms with E-state index in [-0.39, 0.29) is 19.4 Å². The molecule has 0 aromatic heterocycles. The molecule has 3 fully saturated rings. The minimum Gasteiger partial charge on any atom is -0.462 e. The maximum atomic E-state index is 12.9. The van der Waals surface area contributed by atoms with Gasteiger partial charge in [-0.25, -0.2) is 0 Å². The van der Waals surface area contributed by atoms with E-state index in [1.807, 2.05) is 13.8 Å². The second kappa shape index (κ2) is 12.0. The number of hydrogen-bond acceptors (Lipinski definition) is 13. The Kier molecular flexibility index (Phi) is 9.20. The lowest BCUT2D eigenvalue weighted by Crippen LogP contribution is -2.72. The second-order valence-corrected chi connectivity index (χ2v) is 13.4. The third kappa shape index (κ3) is 6.07. The summed E-state index contributed by atoms with van der Waals surface area (Å²) in [5.74, 6) is -5.35. The van der Waals surface area contributed by atoms with Crippen molar-refractivity contribution < 1.29 is 61.9 Å². The van der Waals surface area contributed by atoms with Gasteiger partial charge in [0, 0.05) is 59.8 Å². The SMILES string of the molecule is CC(=O)O[C@H]1[C@@H]2[C@]3(CO3)[C@@H](OC(C)=O)C[C@H](OC(C)=O)[C@@]2(C)[C@@H](OC(C)=O)[C@H](OC(C)=O)C2=C(C)[C@@H](OC(C)=O)C[C@@H]1C2(C)C. The molecule has 1 aliphatic heterocycles. The molecule has 1 spiro atoms. The number of ether oxygens (including phenoxy) is 7. The molecule has 0 amide bonds. The molecule has 2 saturated carbocycles. The lowest BCUT2D eigenvalue weighted by atomic mass is 9.47. The highest BCUT2D eigenvalue weighted by Crippen LogP contribution is 2.66. The minimum atomic E-state index is -1.45. The van der Waals surface area contributed by atoms with Crippen molar-refractivity contribution in [3.8, 4) is 0 Å². The van der Waals surface area contributed by atoms with Gasteiger partial charge in [0.2, 0.25) is 0 Å². The fourth-order valence-corrected chi connectivity index (χ4v) is 8.51. The largest absolute Gasteiger partial charge is 0.462 e. The van der Waals surface area contributed by atoms with Crippen molar-refractivity contribution in [1.82, 2.24) is 0 Å². The van der Waals surface area contributed by atoms with Crippen molar-refractivity contribution in [2.75, 3.05) is 6.61 Å². The quantitative estimate of drug-likeness (QED) is 0.181. The Labute approximate surface area is 262 Å². The Morgan fingerprint density at radius 1 is 0.667 bits per heavy atom. The average Bonchev–Trinajstić information content (AvgIpc) is 3.65. The van der Waals surface area contributed by atoms with Crippen LogP contribution in [0.5, 0.6) is 0 Å². The summed E-state index contributed by atoms with van der Waals surface area (Å²) in [5.41, 5.74) is -2.50. The maximum absolute atomic E-state index is 12.9. The molecule has 13 nitrogen and oxygen atoms in total. The predicted octanol–water partition coefficient (Wildman–Crippen LogP) is 2.75. The molecule has 4 rings (SSSR count). The smallest absolute Gasteiger partial charge is 0.303 e. The van der Waals surface area contributed by atoms with Crippen molar-refractivity contribution in [3.63, 3.8) is 0 Å². The average molecular weight is 637 g/mol. The molecule has 0 aromatic rings. The molecular weight excluding hydrogens is 592 g/mol. The molecule has 1 saturated heterocycles. The van der Waals surface area contributed by atoms with E-state index in [1.54, 1.807) is 13.8 Å². The van der Waals surface area contributed by atoms with Crippen LogP contribution in [-0.2, 0) is 61.9 Å². The Hall–Kier alpha value is -3.48. The van der Waals surface area contributed by atoms with Gasteiger partial charge in [-0.15, -0.1) is 0 Å². The summed E-state index contributed by atoms with van der Waals surface area (Å²) in [6.07, 6.45) is -6.25. The molecular formula is C32H44O13. The van der Waals surface area contributed by atoms with Gasteiger partial charge in [-0.2, -0.15) is 0 Å². The van der Waals surface area contributed by atoms with Crippen LogP contribution in [0.4, 0.5) is 0 Å². The third-order valence-electron chi connectivity index (χ3n) is 10.0. The zero-order valence-corrected chi connectivity index (χ0v) is 27.5.